The molecule has 0 spiro atoms. The van der Waals surface area contributed by atoms with Crippen LogP contribution in [0.2, 0.25) is 0 Å². The average Bonchev–Trinajstić information content (AvgIpc) is 2.98. The van der Waals surface area contributed by atoms with E-state index in [9.17, 15) is 14.4 Å². The van der Waals surface area contributed by atoms with Gasteiger partial charge in [-0.05, 0) is 64.3 Å². The van der Waals surface area contributed by atoms with Crippen LogP contribution in [0.25, 0.3) is 10.9 Å². The van der Waals surface area contributed by atoms with E-state index in [-0.39, 0.29) is 29.8 Å². The number of aryl methyl sites for hydroxylation is 1. The van der Waals surface area contributed by atoms with E-state index < -0.39 is 5.97 Å². The normalized spacial score (nSPS) is 12.9. The number of rotatable bonds is 9. The van der Waals surface area contributed by atoms with Crippen LogP contribution in [-0.4, -0.2) is 86.8 Å². The molecule has 2 aromatic carbocycles. The highest BCUT2D eigenvalue weighted by atomic mass is 16.5. The Morgan fingerprint density at radius 3 is 2.17 bits per heavy atom. The number of methoxy groups -OCH3 is 1. The summed E-state index contributed by atoms with van der Waals surface area (Å²) >= 11 is 0. The molecular weight excluding hydrogens is 522 g/mol. The molecule has 224 valence electrons. The van der Waals surface area contributed by atoms with E-state index in [0.717, 1.165) is 23.9 Å². The van der Waals surface area contributed by atoms with Crippen LogP contribution in [0.15, 0.2) is 53.3 Å². The van der Waals surface area contributed by atoms with Crippen molar-refractivity contribution in [1.29, 1.82) is 0 Å². The van der Waals surface area contributed by atoms with Gasteiger partial charge in [0, 0.05) is 43.7 Å². The monoisotopic (exact) mass is 567 g/mol. The molecule has 0 atom stereocenters. The van der Waals surface area contributed by atoms with Gasteiger partial charge < -0.3 is 34.9 Å². The van der Waals surface area contributed by atoms with Gasteiger partial charge in [0.05, 0.1) is 24.9 Å². The number of benzene rings is 2. The quantitative estimate of drug-likeness (QED) is 0.381. The van der Waals surface area contributed by atoms with Crippen molar-refractivity contribution in [2.24, 2.45) is 0 Å². The van der Waals surface area contributed by atoms with Gasteiger partial charge in [-0.15, -0.1) is 0 Å². The Morgan fingerprint density at radius 2 is 1.59 bits per heavy atom. The number of fused-ring (bicyclic) bond motifs is 1. The Morgan fingerprint density at radius 1 is 0.951 bits per heavy atom. The minimum Gasteiger partial charge on any atom is -0.497 e. The fraction of sp³-hybridized carbons (Fsp3) is 0.452. The van der Waals surface area contributed by atoms with Crippen LogP contribution >= 0.6 is 0 Å². The van der Waals surface area contributed by atoms with E-state index in [2.05, 4.69) is 4.90 Å². The van der Waals surface area contributed by atoms with Gasteiger partial charge in [-0.1, -0.05) is 32.0 Å². The van der Waals surface area contributed by atoms with Crippen molar-refractivity contribution in [3.05, 3.63) is 70.0 Å². The summed E-state index contributed by atoms with van der Waals surface area (Å²) in [6.45, 7) is 9.13. The number of carbonyl (C=O) groups is 2. The average molecular weight is 568 g/mol. The van der Waals surface area contributed by atoms with Crippen molar-refractivity contribution in [3.63, 3.8) is 0 Å². The summed E-state index contributed by atoms with van der Waals surface area (Å²) in [7, 11) is 5.58. The van der Waals surface area contributed by atoms with Crippen molar-refractivity contribution in [3.8, 4) is 5.75 Å². The fourth-order valence-corrected chi connectivity index (χ4v) is 4.92. The maximum atomic E-state index is 13.8. The van der Waals surface area contributed by atoms with E-state index in [1.54, 1.807) is 47.8 Å². The minimum atomic E-state index is -0.614. The molecule has 1 aliphatic heterocycles. The molecule has 1 aromatic heterocycles. The summed E-state index contributed by atoms with van der Waals surface area (Å²) < 4.78 is 12.2. The third kappa shape index (κ3) is 7.65. The number of anilines is 1. The maximum absolute atomic E-state index is 13.8. The van der Waals surface area contributed by atoms with E-state index in [1.165, 1.54) is 0 Å². The van der Waals surface area contributed by atoms with Gasteiger partial charge in [-0.2, -0.15) is 0 Å². The minimum absolute atomic E-state index is 0. The van der Waals surface area contributed by atoms with Gasteiger partial charge in [0.1, 0.15) is 11.3 Å². The molecule has 41 heavy (non-hydrogen) atoms. The Labute approximate surface area is 243 Å². The standard InChI is InChI=1S/C29H36N4O5.C2H6.H3N/c1-5-38-29(36)25-26(23-9-6-7-10-24(23)33(28(25)35)16-8-15-30(2)3)31-17-19-32(20-18-31)27(34)21-11-13-22(37-4)14-12-21;1-2;/h6-7,9-14H,5,8,15-20H2,1-4H3;1-2H3;1H3. The third-order valence-corrected chi connectivity index (χ3v) is 6.83. The zero-order valence-electron chi connectivity index (χ0n) is 25.3. The number of ether oxygens (including phenoxy) is 2. The van der Waals surface area contributed by atoms with Gasteiger partial charge in [0.2, 0.25) is 0 Å². The highest BCUT2D eigenvalue weighted by molar-refractivity contribution is 6.05. The van der Waals surface area contributed by atoms with Crippen LogP contribution in [0.5, 0.6) is 5.75 Å². The van der Waals surface area contributed by atoms with Gasteiger partial charge in [-0.25, -0.2) is 4.79 Å². The lowest BCUT2D eigenvalue weighted by Gasteiger charge is -2.37. The summed E-state index contributed by atoms with van der Waals surface area (Å²) in [5.41, 5.74) is 1.69. The molecule has 0 unspecified atom stereocenters. The number of pyridine rings is 1. The molecule has 0 radical (unpaired) electrons. The zero-order valence-corrected chi connectivity index (χ0v) is 25.3. The molecule has 2 heterocycles. The smallest absolute Gasteiger partial charge is 0.345 e. The zero-order chi connectivity index (χ0) is 29.2. The third-order valence-electron chi connectivity index (χ3n) is 6.83. The summed E-state index contributed by atoms with van der Waals surface area (Å²) in [6.07, 6.45) is 0.769. The summed E-state index contributed by atoms with van der Waals surface area (Å²) in [5, 5.41) is 0.829. The molecule has 3 N–H and O–H groups in total. The van der Waals surface area contributed by atoms with Crippen molar-refractivity contribution in [1.82, 2.24) is 20.5 Å². The highest BCUT2D eigenvalue weighted by Crippen LogP contribution is 2.31. The van der Waals surface area contributed by atoms with Crippen LogP contribution < -0.4 is 21.3 Å². The van der Waals surface area contributed by atoms with Crippen LogP contribution in [0, 0.1) is 0 Å². The van der Waals surface area contributed by atoms with Crippen LogP contribution in [0.1, 0.15) is 47.9 Å². The first-order chi connectivity index (χ1) is 19.3. The molecule has 3 aromatic rings. The number of hydrogen-bond donors (Lipinski definition) is 1. The van der Waals surface area contributed by atoms with Gasteiger partial charge >= 0.3 is 5.97 Å². The van der Waals surface area contributed by atoms with Gasteiger partial charge in [-0.3, -0.25) is 9.59 Å². The number of aromatic nitrogens is 1. The van der Waals surface area contributed by atoms with Crippen LogP contribution in [0.3, 0.4) is 0 Å². The van der Waals surface area contributed by atoms with Crippen molar-refractivity contribution < 1.29 is 19.1 Å². The number of nitrogens with zero attached hydrogens (tertiary/aromatic N) is 4. The Balaban J connectivity index is 0.00000192. The van der Waals surface area contributed by atoms with E-state index in [0.29, 0.717) is 49.7 Å². The maximum Gasteiger partial charge on any atom is 0.345 e. The lowest BCUT2D eigenvalue weighted by Crippen LogP contribution is -2.49. The molecule has 1 aliphatic rings. The topological polar surface area (TPSA) is 119 Å². The molecule has 10 heteroatoms. The molecule has 0 aliphatic carbocycles. The van der Waals surface area contributed by atoms with Gasteiger partial charge in [0.15, 0.2) is 0 Å². The molecule has 10 nitrogen and oxygen atoms in total. The lowest BCUT2D eigenvalue weighted by atomic mass is 10.1. The van der Waals surface area contributed by atoms with Crippen molar-refractivity contribution in [2.45, 2.75) is 33.7 Å². The van der Waals surface area contributed by atoms with E-state index in [4.69, 9.17) is 9.47 Å². The number of carbonyl (C=O) groups excluding carboxylic acids is 2. The number of esters is 1. The first-order valence-corrected chi connectivity index (χ1v) is 14.0. The summed E-state index contributed by atoms with van der Waals surface area (Å²) in [5.74, 6) is 0.0247. The SMILES string of the molecule is CC.CCOC(=O)c1c(N2CCN(C(=O)c3ccc(OC)cc3)CC2)c2ccccc2n(CCCN(C)C)c1=O.N. The van der Waals surface area contributed by atoms with Crippen molar-refractivity contribution >= 4 is 28.5 Å². The first-order valence-electron chi connectivity index (χ1n) is 14.0. The Bertz CT molecular complexity index is 1350. The Hall–Kier alpha value is -3.89. The second-order valence-corrected chi connectivity index (χ2v) is 9.58. The molecule has 1 saturated heterocycles. The number of para-hydroxylation sites is 1. The first kappa shape index (κ1) is 33.3. The predicted octanol–water partition coefficient (Wildman–Crippen LogP) is 4.29. The lowest BCUT2D eigenvalue weighted by molar-refractivity contribution is 0.0523. The number of hydrogen-bond acceptors (Lipinski definition) is 8. The molecule has 0 bridgehead atoms. The highest BCUT2D eigenvalue weighted by Gasteiger charge is 2.30. The molecule has 1 fully saturated rings. The van der Waals surface area contributed by atoms with Crippen LogP contribution in [0.4, 0.5) is 5.69 Å². The summed E-state index contributed by atoms with van der Waals surface area (Å²) in [4.78, 5) is 46.0. The van der Waals surface area contributed by atoms with E-state index >= 15 is 0 Å². The van der Waals surface area contributed by atoms with Crippen molar-refractivity contribution in [2.75, 3.05) is 65.4 Å². The Kier molecular flexibility index (Phi) is 12.8. The molecular formula is C31H45N5O5. The second kappa shape index (κ2) is 15.8. The number of amides is 1. The van der Waals surface area contributed by atoms with E-state index in [1.807, 2.05) is 57.1 Å². The van der Waals surface area contributed by atoms with Gasteiger partial charge in [0.25, 0.3) is 11.5 Å². The molecule has 4 rings (SSSR count). The molecule has 0 saturated carbocycles. The summed E-state index contributed by atoms with van der Waals surface area (Å²) in [6, 6.07) is 14.8. The number of piperazine rings is 1. The predicted molar refractivity (Wildman–Crippen MR) is 165 cm³/mol. The largest absolute Gasteiger partial charge is 0.497 e. The second-order valence-electron chi connectivity index (χ2n) is 9.58. The van der Waals surface area contributed by atoms with Crippen LogP contribution in [-0.2, 0) is 11.3 Å². The fourth-order valence-electron chi connectivity index (χ4n) is 4.92. The molecule has 1 amide bonds.